The molecule has 264 valence electrons. The summed E-state index contributed by atoms with van der Waals surface area (Å²) in [6.07, 6.45) is 6.50. The number of fused-ring (bicyclic) bond motifs is 3. The van der Waals surface area contributed by atoms with Crippen molar-refractivity contribution in [2.75, 3.05) is 37.7 Å². The number of carbonyl (C=O) groups excluding carboxylic acids is 1. The minimum Gasteiger partial charge on any atom is -0.508 e. The highest BCUT2D eigenvalue weighted by atomic mass is 19.1. The van der Waals surface area contributed by atoms with Gasteiger partial charge in [0.1, 0.15) is 41.4 Å². The molecule has 3 aliphatic rings. The van der Waals surface area contributed by atoms with Crippen molar-refractivity contribution in [3.05, 3.63) is 78.3 Å². The maximum atomic E-state index is 17.0. The lowest BCUT2D eigenvalue weighted by atomic mass is 9.86. The van der Waals surface area contributed by atoms with Gasteiger partial charge in [-0.2, -0.15) is 15.1 Å². The Labute approximate surface area is 292 Å². The number of rotatable bonds is 8. The summed E-state index contributed by atoms with van der Waals surface area (Å²) in [5.41, 5.74) is -0.430. The predicted octanol–water partition coefficient (Wildman–Crippen LogP) is 6.57. The molecule has 2 aromatic carbocycles. The number of phenols is 1. The number of phenolic OH excluding ortho intramolecular Hbond substituents is 1. The van der Waals surface area contributed by atoms with Crippen LogP contribution in [0.4, 0.5) is 19.0 Å². The number of carbonyl (C=O) groups is 1. The van der Waals surface area contributed by atoms with Gasteiger partial charge in [-0.15, -0.1) is 6.58 Å². The number of hydrogen-bond acceptors (Lipinski definition) is 9. The van der Waals surface area contributed by atoms with E-state index in [9.17, 15) is 14.3 Å². The highest BCUT2D eigenvalue weighted by Crippen LogP contribution is 2.43. The van der Waals surface area contributed by atoms with Gasteiger partial charge in [0.2, 0.25) is 0 Å². The first kappa shape index (κ1) is 33.1. The lowest BCUT2D eigenvalue weighted by molar-refractivity contribution is 0.0763. The minimum absolute atomic E-state index is 0.0911. The van der Waals surface area contributed by atoms with Crippen molar-refractivity contribution >= 4 is 33.4 Å². The number of halogens is 3. The number of aryl methyl sites for hydroxylation is 2. The number of benzene rings is 2. The van der Waals surface area contributed by atoms with E-state index in [-0.39, 0.29) is 53.0 Å². The van der Waals surface area contributed by atoms with Crippen LogP contribution in [0.3, 0.4) is 0 Å². The van der Waals surface area contributed by atoms with Gasteiger partial charge >= 0.3 is 6.01 Å². The fraction of sp³-hybridized carbons (Fsp3) is 0.395. The molecule has 1 unspecified atom stereocenters. The van der Waals surface area contributed by atoms with Crippen molar-refractivity contribution in [3.8, 4) is 23.0 Å². The summed E-state index contributed by atoms with van der Waals surface area (Å²) >= 11 is 0. The zero-order valence-electron chi connectivity index (χ0n) is 28.5. The molecule has 0 bridgehead atoms. The Morgan fingerprint density at radius 3 is 2.78 bits per heavy atom. The summed E-state index contributed by atoms with van der Waals surface area (Å²) in [5, 5.41) is 16.2. The largest absolute Gasteiger partial charge is 0.508 e. The molecule has 0 amide bonds. The molecule has 51 heavy (non-hydrogen) atoms. The SMILES string of the molecule is C=CC1(C(=O)n2ccc(C)n2)CCN(c2nc(OC[C@@]34CCCN3C[C@H](F)C4)nc3c(F)c(-c4cc(O)cc5ccc(F)c(CC)c45)ncc23)C1. The lowest BCUT2D eigenvalue weighted by Gasteiger charge is -2.31. The minimum atomic E-state index is -1.01. The standard InChI is InChI=1S/C38H38F3N7O3/c1-4-26-29(40)8-7-23-15-25(49)16-27(30(23)26)32-31(41)33-28(18-42-32)34(44-36(43-33)51-21-38-10-6-12-47(38)19-24(39)17-38)46-14-11-37(5-2,20-46)35(50)48-13-9-22(3)45-48/h5,7-9,13,15-16,18,24,49H,2,4,6,10-12,14,17,19-21H2,1,3H3/t24-,37?,38+/m1/s1. The van der Waals surface area contributed by atoms with Crippen LogP contribution in [0.25, 0.3) is 32.9 Å². The average Bonchev–Trinajstić information content (AvgIpc) is 3.91. The van der Waals surface area contributed by atoms with Gasteiger partial charge in [-0.05, 0) is 79.8 Å². The molecule has 0 aliphatic carbocycles. The number of aromatic nitrogens is 5. The number of nitrogens with zero attached hydrogens (tertiary/aromatic N) is 7. The summed E-state index contributed by atoms with van der Waals surface area (Å²) in [6, 6.07) is 7.41. The van der Waals surface area contributed by atoms with E-state index in [1.807, 2.05) is 4.90 Å². The Balaban J connectivity index is 1.26. The zero-order chi connectivity index (χ0) is 35.7. The number of alkyl halides is 1. The predicted molar refractivity (Wildman–Crippen MR) is 187 cm³/mol. The molecule has 6 heterocycles. The number of ether oxygens (including phenoxy) is 1. The first-order chi connectivity index (χ1) is 24.5. The topological polar surface area (TPSA) is 110 Å². The van der Waals surface area contributed by atoms with E-state index >= 15 is 8.78 Å². The summed E-state index contributed by atoms with van der Waals surface area (Å²) in [6.45, 7) is 9.41. The van der Waals surface area contributed by atoms with E-state index < -0.39 is 28.8 Å². The van der Waals surface area contributed by atoms with Crippen LogP contribution >= 0.6 is 0 Å². The number of aromatic hydroxyl groups is 1. The van der Waals surface area contributed by atoms with Gasteiger partial charge in [0.05, 0.1) is 22.0 Å². The van der Waals surface area contributed by atoms with Crippen LogP contribution in [0.1, 0.15) is 48.7 Å². The smallest absolute Gasteiger partial charge is 0.319 e. The third kappa shape index (κ3) is 5.40. The van der Waals surface area contributed by atoms with Crippen molar-refractivity contribution in [1.82, 2.24) is 29.6 Å². The van der Waals surface area contributed by atoms with Crippen LogP contribution in [0.15, 0.2) is 55.4 Å². The molecule has 5 aromatic rings. The number of hydrogen-bond donors (Lipinski definition) is 1. The van der Waals surface area contributed by atoms with Gasteiger partial charge in [-0.25, -0.2) is 17.9 Å². The quantitative estimate of drug-likeness (QED) is 0.180. The molecular weight excluding hydrogens is 659 g/mol. The molecule has 0 radical (unpaired) electrons. The molecule has 3 atom stereocenters. The number of pyridine rings is 1. The summed E-state index contributed by atoms with van der Waals surface area (Å²) in [7, 11) is 0. The molecule has 13 heteroatoms. The van der Waals surface area contributed by atoms with Gasteiger partial charge in [0.15, 0.2) is 5.82 Å². The molecule has 3 saturated heterocycles. The highest BCUT2D eigenvalue weighted by Gasteiger charge is 2.50. The molecule has 0 saturated carbocycles. The van der Waals surface area contributed by atoms with Gasteiger partial charge in [0, 0.05) is 44.0 Å². The van der Waals surface area contributed by atoms with Gasteiger partial charge in [-0.3, -0.25) is 14.7 Å². The van der Waals surface area contributed by atoms with E-state index in [4.69, 9.17) is 9.72 Å². The van der Waals surface area contributed by atoms with Crippen LogP contribution in [0.5, 0.6) is 11.8 Å². The Kier molecular flexibility index (Phi) is 8.01. The van der Waals surface area contributed by atoms with Gasteiger partial charge in [-0.1, -0.05) is 19.1 Å². The fourth-order valence-electron chi connectivity index (χ4n) is 8.39. The van der Waals surface area contributed by atoms with Crippen LogP contribution in [-0.2, 0) is 6.42 Å². The molecule has 3 fully saturated rings. The second-order valence-corrected chi connectivity index (χ2v) is 14.1. The van der Waals surface area contributed by atoms with Gasteiger partial charge in [0.25, 0.3) is 5.91 Å². The van der Waals surface area contributed by atoms with E-state index in [0.29, 0.717) is 60.2 Å². The first-order valence-corrected chi connectivity index (χ1v) is 17.3. The van der Waals surface area contributed by atoms with E-state index in [2.05, 4.69) is 26.5 Å². The Hall–Kier alpha value is -5.04. The molecule has 1 N–H and O–H groups in total. The Morgan fingerprint density at radius 1 is 1.18 bits per heavy atom. The lowest BCUT2D eigenvalue weighted by Crippen LogP contribution is -2.43. The fourth-order valence-corrected chi connectivity index (χ4v) is 8.39. The van der Waals surface area contributed by atoms with Crippen molar-refractivity contribution in [1.29, 1.82) is 0 Å². The summed E-state index contributed by atoms with van der Waals surface area (Å²) in [4.78, 5) is 31.6. The molecular formula is C38H38F3N7O3. The molecule has 0 spiro atoms. The average molecular weight is 698 g/mol. The van der Waals surface area contributed by atoms with Crippen LogP contribution in [0, 0.1) is 24.0 Å². The second kappa shape index (κ2) is 12.3. The summed E-state index contributed by atoms with van der Waals surface area (Å²) in [5.74, 6) is -1.30. The third-order valence-electron chi connectivity index (χ3n) is 11.0. The highest BCUT2D eigenvalue weighted by molar-refractivity contribution is 6.02. The van der Waals surface area contributed by atoms with Crippen molar-refractivity contribution < 1.29 is 27.8 Å². The summed E-state index contributed by atoms with van der Waals surface area (Å²) < 4.78 is 54.3. The maximum absolute atomic E-state index is 17.0. The molecule has 10 nitrogen and oxygen atoms in total. The zero-order valence-corrected chi connectivity index (χ0v) is 28.5. The van der Waals surface area contributed by atoms with Crippen LogP contribution < -0.4 is 9.64 Å². The van der Waals surface area contributed by atoms with Crippen molar-refractivity contribution in [2.45, 2.75) is 57.7 Å². The third-order valence-corrected chi connectivity index (χ3v) is 11.0. The Bertz CT molecular complexity index is 2230. The van der Waals surface area contributed by atoms with Gasteiger partial charge < -0.3 is 14.7 Å². The van der Waals surface area contributed by atoms with E-state index in [1.165, 1.54) is 29.1 Å². The monoisotopic (exact) mass is 697 g/mol. The van der Waals surface area contributed by atoms with E-state index in [1.54, 1.807) is 38.3 Å². The van der Waals surface area contributed by atoms with E-state index in [0.717, 1.165) is 19.4 Å². The van der Waals surface area contributed by atoms with Crippen molar-refractivity contribution in [2.24, 2.45) is 5.41 Å². The molecule has 8 rings (SSSR count). The van der Waals surface area contributed by atoms with Crippen LogP contribution in [0.2, 0.25) is 0 Å². The molecule has 3 aromatic heterocycles. The molecule has 3 aliphatic heterocycles. The normalized spacial score (nSPS) is 23.4. The first-order valence-electron chi connectivity index (χ1n) is 17.3. The Morgan fingerprint density at radius 2 is 2.02 bits per heavy atom. The van der Waals surface area contributed by atoms with Crippen molar-refractivity contribution in [3.63, 3.8) is 0 Å². The van der Waals surface area contributed by atoms with Crippen LogP contribution in [-0.4, -0.2) is 85.1 Å². The second-order valence-electron chi connectivity index (χ2n) is 14.1. The maximum Gasteiger partial charge on any atom is 0.319 e. The number of anilines is 1.